The molecule has 3 N–H and O–H groups in total. The van der Waals surface area contributed by atoms with E-state index in [-0.39, 0.29) is 17.7 Å². The summed E-state index contributed by atoms with van der Waals surface area (Å²) in [6.45, 7) is 2.51. The van der Waals surface area contributed by atoms with Crippen LogP contribution in [0, 0.1) is 0 Å². The molecule has 2 unspecified atom stereocenters. The maximum Gasteiger partial charge on any atom is 0.279 e. The van der Waals surface area contributed by atoms with Crippen molar-refractivity contribution in [3.05, 3.63) is 0 Å². The van der Waals surface area contributed by atoms with E-state index in [1.165, 1.54) is 4.31 Å². The molecule has 0 aliphatic carbocycles. The number of nitrogens with zero attached hydrogens (tertiary/aromatic N) is 1. The summed E-state index contributed by atoms with van der Waals surface area (Å²) >= 11 is 0. The molecule has 2 atom stereocenters. The predicted molar refractivity (Wildman–Crippen MR) is 68.7 cm³/mol. The standard InChI is InChI=1S/C11H21N3O4S/c12-9-6-14(7-9)19(15,16)13-5-10-1-2-11(18-10)3-4-17-8-11/h9-10,13H,1-8,12H2. The summed E-state index contributed by atoms with van der Waals surface area (Å²) < 4.78 is 39.1. The Balaban J connectivity index is 1.48. The monoisotopic (exact) mass is 291 g/mol. The Bertz CT molecular complexity index is 429. The summed E-state index contributed by atoms with van der Waals surface area (Å²) in [4.78, 5) is 0. The Kier molecular flexibility index (Phi) is 3.57. The van der Waals surface area contributed by atoms with Gasteiger partial charge in [0.15, 0.2) is 0 Å². The fourth-order valence-electron chi connectivity index (χ4n) is 2.87. The molecule has 3 aliphatic rings. The first-order valence-electron chi connectivity index (χ1n) is 6.75. The molecule has 3 fully saturated rings. The van der Waals surface area contributed by atoms with Crippen molar-refractivity contribution in [2.75, 3.05) is 32.8 Å². The van der Waals surface area contributed by atoms with Gasteiger partial charge >= 0.3 is 0 Å². The molecule has 0 aromatic rings. The van der Waals surface area contributed by atoms with Crippen LogP contribution in [0.25, 0.3) is 0 Å². The van der Waals surface area contributed by atoms with Gasteiger partial charge in [0.2, 0.25) is 0 Å². The van der Waals surface area contributed by atoms with Crippen LogP contribution >= 0.6 is 0 Å². The highest BCUT2D eigenvalue weighted by atomic mass is 32.2. The summed E-state index contributed by atoms with van der Waals surface area (Å²) in [5.41, 5.74) is 5.43. The Morgan fingerprint density at radius 1 is 1.37 bits per heavy atom. The van der Waals surface area contributed by atoms with Crippen LogP contribution in [0.4, 0.5) is 0 Å². The molecular formula is C11H21N3O4S. The number of nitrogens with two attached hydrogens (primary N) is 1. The quantitative estimate of drug-likeness (QED) is 0.679. The lowest BCUT2D eigenvalue weighted by atomic mass is 9.99. The lowest BCUT2D eigenvalue weighted by Gasteiger charge is -2.35. The molecule has 3 aliphatic heterocycles. The molecule has 0 bridgehead atoms. The third-order valence-corrected chi connectivity index (χ3v) is 5.62. The minimum Gasteiger partial charge on any atom is -0.378 e. The van der Waals surface area contributed by atoms with Crippen molar-refractivity contribution in [2.45, 2.75) is 37.0 Å². The Morgan fingerprint density at radius 2 is 2.16 bits per heavy atom. The minimum atomic E-state index is -3.39. The molecule has 8 heteroatoms. The number of hydrogen-bond donors (Lipinski definition) is 2. The molecule has 0 aromatic carbocycles. The maximum absolute atomic E-state index is 11.9. The van der Waals surface area contributed by atoms with E-state index in [2.05, 4.69) is 4.72 Å². The van der Waals surface area contributed by atoms with Crippen molar-refractivity contribution in [1.29, 1.82) is 0 Å². The number of nitrogens with one attached hydrogen (secondary N) is 1. The van der Waals surface area contributed by atoms with Crippen LogP contribution in [0.1, 0.15) is 19.3 Å². The summed E-state index contributed by atoms with van der Waals surface area (Å²) in [5.74, 6) is 0. The van der Waals surface area contributed by atoms with Gasteiger partial charge < -0.3 is 15.2 Å². The third-order valence-electron chi connectivity index (χ3n) is 4.12. The van der Waals surface area contributed by atoms with Crippen molar-refractivity contribution in [3.63, 3.8) is 0 Å². The van der Waals surface area contributed by atoms with Crippen LogP contribution in [0.3, 0.4) is 0 Å². The largest absolute Gasteiger partial charge is 0.378 e. The van der Waals surface area contributed by atoms with Crippen molar-refractivity contribution < 1.29 is 17.9 Å². The summed E-state index contributed by atoms with van der Waals surface area (Å²) in [6.07, 6.45) is 2.70. The zero-order valence-corrected chi connectivity index (χ0v) is 11.7. The van der Waals surface area contributed by atoms with Gasteiger partial charge in [-0.1, -0.05) is 0 Å². The van der Waals surface area contributed by atoms with E-state index in [0.29, 0.717) is 26.2 Å². The van der Waals surface area contributed by atoms with Crippen molar-refractivity contribution >= 4 is 10.2 Å². The first kappa shape index (κ1) is 13.7. The molecule has 3 heterocycles. The molecule has 7 nitrogen and oxygen atoms in total. The van der Waals surface area contributed by atoms with Crippen molar-refractivity contribution in [3.8, 4) is 0 Å². The normalized spacial score (nSPS) is 37.0. The van der Waals surface area contributed by atoms with Gasteiger partial charge in [-0.2, -0.15) is 17.4 Å². The Labute approximate surface area is 113 Å². The molecule has 1 spiro atoms. The van der Waals surface area contributed by atoms with Gasteiger partial charge in [0.05, 0.1) is 18.3 Å². The average molecular weight is 291 g/mol. The predicted octanol–water partition coefficient (Wildman–Crippen LogP) is -1.20. The molecule has 3 rings (SSSR count). The van der Waals surface area contributed by atoms with Crippen molar-refractivity contribution in [2.24, 2.45) is 5.73 Å². The molecule has 3 saturated heterocycles. The van der Waals surface area contributed by atoms with E-state index >= 15 is 0 Å². The van der Waals surface area contributed by atoms with E-state index in [9.17, 15) is 8.42 Å². The summed E-state index contributed by atoms with van der Waals surface area (Å²) in [5, 5.41) is 0. The fourth-order valence-corrected chi connectivity index (χ4v) is 4.23. The van der Waals surface area contributed by atoms with Gasteiger partial charge in [0.1, 0.15) is 0 Å². The minimum absolute atomic E-state index is 0.0294. The van der Waals surface area contributed by atoms with E-state index in [0.717, 1.165) is 25.9 Å². The van der Waals surface area contributed by atoms with E-state index in [1.54, 1.807) is 0 Å². The zero-order valence-electron chi connectivity index (χ0n) is 10.9. The van der Waals surface area contributed by atoms with Crippen LogP contribution in [0.2, 0.25) is 0 Å². The molecule has 0 aromatic heterocycles. The van der Waals surface area contributed by atoms with Gasteiger partial charge in [-0.25, -0.2) is 0 Å². The van der Waals surface area contributed by atoms with Gasteiger partial charge in [0.25, 0.3) is 10.2 Å². The fraction of sp³-hybridized carbons (Fsp3) is 1.00. The van der Waals surface area contributed by atoms with Gasteiger partial charge in [-0.05, 0) is 12.8 Å². The summed E-state index contributed by atoms with van der Waals surface area (Å²) in [6, 6.07) is -0.0294. The second-order valence-corrected chi connectivity index (χ2v) is 7.45. The molecular weight excluding hydrogens is 270 g/mol. The lowest BCUT2D eigenvalue weighted by molar-refractivity contribution is -0.0419. The Morgan fingerprint density at radius 3 is 2.79 bits per heavy atom. The second kappa shape index (κ2) is 4.94. The second-order valence-electron chi connectivity index (χ2n) is 5.69. The van der Waals surface area contributed by atoms with Gasteiger partial charge in [-0.3, -0.25) is 0 Å². The number of hydrogen-bond acceptors (Lipinski definition) is 5. The average Bonchev–Trinajstić information content (AvgIpc) is 2.94. The summed E-state index contributed by atoms with van der Waals surface area (Å²) in [7, 11) is -3.39. The van der Waals surface area contributed by atoms with Gasteiger partial charge in [0, 0.05) is 38.7 Å². The van der Waals surface area contributed by atoms with E-state index < -0.39 is 10.2 Å². The Hall–Kier alpha value is -0.250. The molecule has 19 heavy (non-hydrogen) atoms. The zero-order chi connectivity index (χ0) is 13.5. The molecule has 0 amide bonds. The molecule has 110 valence electrons. The third kappa shape index (κ3) is 2.79. The SMILES string of the molecule is NC1CN(S(=O)(=O)NCC2CCC3(CCOC3)O2)C1. The van der Waals surface area contributed by atoms with E-state index in [1.807, 2.05) is 0 Å². The van der Waals surface area contributed by atoms with Gasteiger partial charge in [-0.15, -0.1) is 0 Å². The highest BCUT2D eigenvalue weighted by Crippen LogP contribution is 2.36. The maximum atomic E-state index is 11.9. The van der Waals surface area contributed by atoms with Crippen LogP contribution < -0.4 is 10.5 Å². The molecule has 0 saturated carbocycles. The van der Waals surface area contributed by atoms with Crippen molar-refractivity contribution in [1.82, 2.24) is 9.03 Å². The number of rotatable bonds is 4. The first-order valence-corrected chi connectivity index (χ1v) is 8.19. The van der Waals surface area contributed by atoms with E-state index in [4.69, 9.17) is 15.2 Å². The lowest BCUT2D eigenvalue weighted by Crippen LogP contribution is -2.60. The highest BCUT2D eigenvalue weighted by Gasteiger charge is 2.43. The smallest absolute Gasteiger partial charge is 0.279 e. The van der Waals surface area contributed by atoms with Crippen LogP contribution in [-0.2, 0) is 19.7 Å². The van der Waals surface area contributed by atoms with Crippen LogP contribution in [0.5, 0.6) is 0 Å². The number of ether oxygens (including phenoxy) is 2. The topological polar surface area (TPSA) is 93.9 Å². The molecule has 0 radical (unpaired) electrons. The van der Waals surface area contributed by atoms with Crippen LogP contribution in [-0.4, -0.2) is 63.3 Å². The van der Waals surface area contributed by atoms with Crippen LogP contribution in [0.15, 0.2) is 0 Å². The first-order chi connectivity index (χ1) is 8.99. The highest BCUT2D eigenvalue weighted by molar-refractivity contribution is 7.87.